The van der Waals surface area contributed by atoms with Crippen molar-refractivity contribution in [3.05, 3.63) is 83.7 Å². The lowest BCUT2D eigenvalue weighted by atomic mass is 9.89. The van der Waals surface area contributed by atoms with Crippen molar-refractivity contribution in [1.29, 1.82) is 0 Å². The third-order valence-corrected chi connectivity index (χ3v) is 4.95. The normalized spacial score (nSPS) is 14.6. The van der Waals surface area contributed by atoms with Crippen LogP contribution in [0.2, 0.25) is 0 Å². The van der Waals surface area contributed by atoms with Gasteiger partial charge in [0.2, 0.25) is 0 Å². The van der Waals surface area contributed by atoms with Gasteiger partial charge in [-0.05, 0) is 49.2 Å². The number of hydrogen-bond acceptors (Lipinski definition) is 4. The molecule has 0 amide bonds. The summed E-state index contributed by atoms with van der Waals surface area (Å²) in [5.74, 6) is -2.33. The number of ketones is 1. The molecule has 0 radical (unpaired) electrons. The number of carbonyl (C=O) groups is 3. The highest BCUT2D eigenvalue weighted by Gasteiger charge is 2.24. The van der Waals surface area contributed by atoms with E-state index >= 15 is 0 Å². The summed E-state index contributed by atoms with van der Waals surface area (Å²) in [4.78, 5) is 33.9. The molecule has 0 aromatic heterocycles. The Morgan fingerprint density at radius 2 is 1.42 bits per heavy atom. The number of halogens is 1. The number of piperidine rings is 1. The topological polar surface area (TPSA) is 94.9 Å². The number of carbonyl (C=O) groups excluding carboxylic acids is 1. The number of nitrogens with zero attached hydrogens (tertiary/aromatic N) is 1. The Bertz CT molecular complexity index is 872. The number of aliphatic carboxylic acids is 2. The molecule has 0 atom stereocenters. The van der Waals surface area contributed by atoms with Crippen molar-refractivity contribution in [2.75, 3.05) is 13.1 Å². The molecule has 164 valence electrons. The molecule has 1 aliphatic heterocycles. The van der Waals surface area contributed by atoms with E-state index in [1.165, 1.54) is 17.7 Å². The first-order chi connectivity index (χ1) is 14.8. The van der Waals surface area contributed by atoms with Gasteiger partial charge in [-0.15, -0.1) is 0 Å². The Hall–Kier alpha value is -3.32. The van der Waals surface area contributed by atoms with E-state index in [0.29, 0.717) is 18.6 Å². The predicted octanol–water partition coefficient (Wildman–Crippen LogP) is 3.56. The van der Waals surface area contributed by atoms with E-state index in [0.717, 1.165) is 38.0 Å². The number of carboxylic acids is 2. The third kappa shape index (κ3) is 9.35. The lowest BCUT2D eigenvalue weighted by molar-refractivity contribution is -0.134. The van der Waals surface area contributed by atoms with Gasteiger partial charge in [-0.1, -0.05) is 42.5 Å². The van der Waals surface area contributed by atoms with Gasteiger partial charge in [-0.2, -0.15) is 0 Å². The Kier molecular flexibility index (Phi) is 9.58. The van der Waals surface area contributed by atoms with Gasteiger partial charge in [0.15, 0.2) is 0 Å². The average molecular weight is 427 g/mol. The zero-order valence-corrected chi connectivity index (χ0v) is 17.1. The summed E-state index contributed by atoms with van der Waals surface area (Å²) in [5.41, 5.74) is 2.23. The molecule has 1 fully saturated rings. The fourth-order valence-electron chi connectivity index (χ4n) is 3.35. The number of likely N-dealkylation sites (tertiary alicyclic amines) is 1. The van der Waals surface area contributed by atoms with Crippen LogP contribution in [0.15, 0.2) is 66.7 Å². The summed E-state index contributed by atoms with van der Waals surface area (Å²) in [6.45, 7) is 2.89. The van der Waals surface area contributed by atoms with E-state index in [1.807, 2.05) is 6.07 Å². The molecule has 0 aliphatic carbocycles. The van der Waals surface area contributed by atoms with Crippen LogP contribution in [0, 0.1) is 11.7 Å². The van der Waals surface area contributed by atoms with Crippen molar-refractivity contribution in [3.8, 4) is 0 Å². The maximum Gasteiger partial charge on any atom is 0.328 e. The molecule has 2 N–H and O–H groups in total. The number of carboxylic acid groups (broad SMARTS) is 2. The molecule has 6 nitrogen and oxygen atoms in total. The van der Waals surface area contributed by atoms with Crippen LogP contribution in [0.3, 0.4) is 0 Å². The maximum absolute atomic E-state index is 12.9. The number of hydrogen-bond donors (Lipinski definition) is 2. The van der Waals surface area contributed by atoms with Gasteiger partial charge in [0.25, 0.3) is 0 Å². The average Bonchev–Trinajstić information content (AvgIpc) is 2.75. The maximum atomic E-state index is 12.9. The fourth-order valence-corrected chi connectivity index (χ4v) is 3.35. The molecule has 0 bridgehead atoms. The van der Waals surface area contributed by atoms with Crippen molar-refractivity contribution in [3.63, 3.8) is 0 Å². The standard InChI is InChI=1S/C20H22FNO.C4H4O4/c21-19-8-6-16(7-9-19)14-20(23)18-10-12-22(13-11-18)15-17-4-2-1-3-5-17;5-3(6)1-2-4(7)8/h1-9,18H,10-15H2;1-2H,(H,5,6)(H,7,8)/b;2-1-. The zero-order chi connectivity index (χ0) is 22.6. The van der Waals surface area contributed by atoms with Crippen LogP contribution >= 0.6 is 0 Å². The second-order valence-electron chi connectivity index (χ2n) is 7.32. The van der Waals surface area contributed by atoms with Crippen molar-refractivity contribution in [1.82, 2.24) is 4.90 Å². The van der Waals surface area contributed by atoms with Gasteiger partial charge in [0.1, 0.15) is 11.6 Å². The van der Waals surface area contributed by atoms with E-state index in [4.69, 9.17) is 10.2 Å². The summed E-state index contributed by atoms with van der Waals surface area (Å²) in [6.07, 6.45) is 3.38. The summed E-state index contributed by atoms with van der Waals surface area (Å²) >= 11 is 0. The van der Waals surface area contributed by atoms with Crippen LogP contribution in [0.1, 0.15) is 24.0 Å². The van der Waals surface area contributed by atoms with Crippen LogP contribution < -0.4 is 0 Å². The smallest absolute Gasteiger partial charge is 0.328 e. The van der Waals surface area contributed by atoms with Gasteiger partial charge < -0.3 is 10.2 Å². The molecule has 7 heteroatoms. The van der Waals surface area contributed by atoms with Crippen LogP contribution in [0.4, 0.5) is 4.39 Å². The van der Waals surface area contributed by atoms with E-state index in [-0.39, 0.29) is 17.5 Å². The summed E-state index contributed by atoms with van der Waals surface area (Å²) < 4.78 is 12.9. The lowest BCUT2D eigenvalue weighted by Gasteiger charge is -2.31. The summed E-state index contributed by atoms with van der Waals surface area (Å²) in [5, 5.41) is 15.6. The lowest BCUT2D eigenvalue weighted by Crippen LogP contribution is -2.36. The molecular weight excluding hydrogens is 401 g/mol. The molecule has 0 spiro atoms. The van der Waals surface area contributed by atoms with Gasteiger partial charge >= 0.3 is 11.9 Å². The Balaban J connectivity index is 0.000000366. The van der Waals surface area contributed by atoms with Crippen molar-refractivity contribution < 1.29 is 29.0 Å². The second-order valence-corrected chi connectivity index (χ2v) is 7.32. The van der Waals surface area contributed by atoms with Crippen LogP contribution in [-0.4, -0.2) is 45.9 Å². The van der Waals surface area contributed by atoms with Crippen molar-refractivity contribution in [2.45, 2.75) is 25.8 Å². The quantitative estimate of drug-likeness (QED) is 0.656. The van der Waals surface area contributed by atoms with E-state index in [2.05, 4.69) is 29.2 Å². The molecule has 0 saturated carbocycles. The first-order valence-electron chi connectivity index (χ1n) is 10.0. The molecule has 3 rings (SSSR count). The first-order valence-corrected chi connectivity index (χ1v) is 10.0. The van der Waals surface area contributed by atoms with Gasteiger partial charge in [-0.25, -0.2) is 14.0 Å². The van der Waals surface area contributed by atoms with Crippen LogP contribution in [0.5, 0.6) is 0 Å². The van der Waals surface area contributed by atoms with E-state index in [1.54, 1.807) is 12.1 Å². The van der Waals surface area contributed by atoms with Crippen molar-refractivity contribution in [2.24, 2.45) is 5.92 Å². The molecule has 0 unspecified atom stereocenters. The van der Waals surface area contributed by atoms with E-state index < -0.39 is 11.9 Å². The van der Waals surface area contributed by atoms with Crippen molar-refractivity contribution >= 4 is 17.7 Å². The Labute approximate surface area is 180 Å². The summed E-state index contributed by atoms with van der Waals surface area (Å²) in [6, 6.07) is 16.7. The highest BCUT2D eigenvalue weighted by molar-refractivity contribution is 5.89. The van der Waals surface area contributed by atoms with Crippen LogP contribution in [0.25, 0.3) is 0 Å². The Morgan fingerprint density at radius 1 is 0.871 bits per heavy atom. The largest absolute Gasteiger partial charge is 0.478 e. The minimum absolute atomic E-state index is 0.145. The highest BCUT2D eigenvalue weighted by atomic mass is 19.1. The van der Waals surface area contributed by atoms with E-state index in [9.17, 15) is 18.8 Å². The Morgan fingerprint density at radius 3 is 1.94 bits per heavy atom. The predicted molar refractivity (Wildman–Crippen MR) is 114 cm³/mol. The highest BCUT2D eigenvalue weighted by Crippen LogP contribution is 2.21. The van der Waals surface area contributed by atoms with Crippen LogP contribution in [-0.2, 0) is 27.3 Å². The molecule has 2 aromatic rings. The minimum atomic E-state index is -1.26. The first kappa shape index (κ1) is 24.0. The molecule has 1 heterocycles. The number of Topliss-reactive ketones (excluding diaryl/α,β-unsaturated/α-hetero) is 1. The molecular formula is C24H26FNO5. The fraction of sp³-hybridized carbons (Fsp3) is 0.292. The van der Waals surface area contributed by atoms with Gasteiger partial charge in [0.05, 0.1) is 0 Å². The summed E-state index contributed by atoms with van der Waals surface area (Å²) in [7, 11) is 0. The third-order valence-electron chi connectivity index (χ3n) is 4.95. The van der Waals surface area contributed by atoms with Gasteiger partial charge in [-0.3, -0.25) is 9.69 Å². The monoisotopic (exact) mass is 427 g/mol. The number of rotatable bonds is 7. The molecule has 31 heavy (non-hydrogen) atoms. The minimum Gasteiger partial charge on any atom is -0.478 e. The molecule has 1 aliphatic rings. The van der Waals surface area contributed by atoms with Gasteiger partial charge in [0, 0.05) is 31.0 Å². The SMILES string of the molecule is O=C(Cc1ccc(F)cc1)C1CCN(Cc2ccccc2)CC1.O=C(O)/C=C\C(=O)O. The zero-order valence-electron chi connectivity index (χ0n) is 17.1. The number of benzene rings is 2. The molecule has 1 saturated heterocycles. The molecule has 2 aromatic carbocycles. The second kappa shape index (κ2) is 12.4.